The van der Waals surface area contributed by atoms with Gasteiger partial charge in [-0.3, -0.25) is 9.59 Å². The number of nitrogens with two attached hydrogens (primary N) is 1. The summed E-state index contributed by atoms with van der Waals surface area (Å²) >= 11 is 0. The third kappa shape index (κ3) is 2.23. The lowest BCUT2D eigenvalue weighted by molar-refractivity contribution is 0.0347. The molecule has 0 spiro atoms. The molecule has 0 saturated carbocycles. The Morgan fingerprint density at radius 1 is 1.22 bits per heavy atom. The Morgan fingerprint density at radius 3 is 2.17 bits per heavy atom. The monoisotopic (exact) mass is 246 g/mol. The average Bonchev–Trinajstić information content (AvgIpc) is 2.26. The van der Waals surface area contributed by atoms with Gasteiger partial charge in [0.2, 0.25) is 5.91 Å². The molecule has 1 aliphatic heterocycles. The lowest BCUT2D eigenvalue weighted by Gasteiger charge is -2.43. The van der Waals surface area contributed by atoms with Gasteiger partial charge in [-0.2, -0.15) is 0 Å². The van der Waals surface area contributed by atoms with E-state index in [9.17, 15) is 9.59 Å². The molecule has 1 aromatic rings. The molecule has 0 unspecified atom stereocenters. The second kappa shape index (κ2) is 4.80. The van der Waals surface area contributed by atoms with Crippen molar-refractivity contribution in [1.29, 1.82) is 0 Å². The third-order valence-electron chi connectivity index (χ3n) is 3.51. The van der Waals surface area contributed by atoms with E-state index >= 15 is 0 Å². The first-order valence-corrected chi connectivity index (χ1v) is 6.21. The molecule has 0 aromatic heterocycles. The summed E-state index contributed by atoms with van der Waals surface area (Å²) in [6.07, 6.45) is 1.07. The number of primary amides is 1. The number of hydrogen-bond acceptors (Lipinski definition) is 2. The van der Waals surface area contributed by atoms with Gasteiger partial charge in [0.15, 0.2) is 0 Å². The van der Waals surface area contributed by atoms with Crippen molar-refractivity contribution in [2.45, 2.75) is 26.3 Å². The Balaban J connectivity index is 2.12. The summed E-state index contributed by atoms with van der Waals surface area (Å²) in [4.78, 5) is 25.1. The summed E-state index contributed by atoms with van der Waals surface area (Å²) < 4.78 is 0. The Bertz CT molecular complexity index is 465. The fourth-order valence-corrected chi connectivity index (χ4v) is 2.30. The van der Waals surface area contributed by atoms with Gasteiger partial charge in [-0.05, 0) is 36.6 Å². The van der Waals surface area contributed by atoms with Crippen molar-refractivity contribution in [3.8, 4) is 0 Å². The number of hydrogen-bond donors (Lipinski definition) is 1. The van der Waals surface area contributed by atoms with Crippen LogP contribution in [0, 0.1) is 5.92 Å². The van der Waals surface area contributed by atoms with Crippen LogP contribution in [0.2, 0.25) is 0 Å². The van der Waals surface area contributed by atoms with E-state index in [-0.39, 0.29) is 5.91 Å². The average molecular weight is 246 g/mol. The van der Waals surface area contributed by atoms with Crippen LogP contribution in [0.25, 0.3) is 0 Å². The van der Waals surface area contributed by atoms with Crippen LogP contribution in [0.4, 0.5) is 0 Å². The van der Waals surface area contributed by atoms with E-state index in [2.05, 4.69) is 13.8 Å². The molecule has 1 aliphatic rings. The van der Waals surface area contributed by atoms with Crippen LogP contribution in [0.15, 0.2) is 24.3 Å². The van der Waals surface area contributed by atoms with Gasteiger partial charge in [0.05, 0.1) is 0 Å². The Labute approximate surface area is 107 Å². The van der Waals surface area contributed by atoms with Gasteiger partial charge in [-0.1, -0.05) is 13.8 Å². The van der Waals surface area contributed by atoms with Crippen molar-refractivity contribution in [2.75, 3.05) is 6.54 Å². The van der Waals surface area contributed by atoms with Gasteiger partial charge in [0.25, 0.3) is 5.91 Å². The van der Waals surface area contributed by atoms with Crippen LogP contribution in [-0.4, -0.2) is 29.3 Å². The van der Waals surface area contributed by atoms with Crippen molar-refractivity contribution in [2.24, 2.45) is 11.7 Å². The minimum Gasteiger partial charge on any atom is -0.366 e. The second-order valence-corrected chi connectivity index (χ2v) is 5.04. The molecular weight excluding hydrogens is 228 g/mol. The fourth-order valence-electron chi connectivity index (χ4n) is 2.30. The van der Waals surface area contributed by atoms with Crippen molar-refractivity contribution in [1.82, 2.24) is 4.90 Å². The van der Waals surface area contributed by atoms with Crippen molar-refractivity contribution in [3.05, 3.63) is 35.4 Å². The number of carbonyl (C=O) groups is 2. The molecule has 2 N–H and O–H groups in total. The highest BCUT2D eigenvalue weighted by Crippen LogP contribution is 2.26. The maximum Gasteiger partial charge on any atom is 0.254 e. The molecule has 2 amide bonds. The first-order chi connectivity index (χ1) is 8.50. The highest BCUT2D eigenvalue weighted by molar-refractivity contribution is 5.97. The smallest absolute Gasteiger partial charge is 0.254 e. The summed E-state index contributed by atoms with van der Waals surface area (Å²) in [6, 6.07) is 6.86. The van der Waals surface area contributed by atoms with Crippen molar-refractivity contribution >= 4 is 11.8 Å². The van der Waals surface area contributed by atoms with E-state index in [1.54, 1.807) is 24.3 Å². The lowest BCUT2D eigenvalue weighted by Crippen LogP contribution is -2.53. The van der Waals surface area contributed by atoms with Gasteiger partial charge in [-0.15, -0.1) is 0 Å². The summed E-state index contributed by atoms with van der Waals surface area (Å²) in [5.41, 5.74) is 6.21. The van der Waals surface area contributed by atoms with E-state index in [0.29, 0.717) is 23.1 Å². The molecule has 1 aromatic carbocycles. The summed E-state index contributed by atoms with van der Waals surface area (Å²) in [7, 11) is 0. The van der Waals surface area contributed by atoms with Gasteiger partial charge in [0, 0.05) is 23.7 Å². The molecule has 4 heteroatoms. The van der Waals surface area contributed by atoms with Crippen molar-refractivity contribution < 1.29 is 9.59 Å². The predicted octanol–water partition coefficient (Wildman–Crippen LogP) is 1.66. The van der Waals surface area contributed by atoms with E-state index in [0.717, 1.165) is 13.0 Å². The molecule has 18 heavy (non-hydrogen) atoms. The normalized spacial score (nSPS) is 18.6. The highest BCUT2D eigenvalue weighted by Gasteiger charge is 2.34. The van der Waals surface area contributed by atoms with Crippen LogP contribution >= 0.6 is 0 Å². The largest absolute Gasteiger partial charge is 0.366 e. The minimum atomic E-state index is -0.474. The van der Waals surface area contributed by atoms with Crippen LogP contribution in [0.3, 0.4) is 0 Å². The fraction of sp³-hybridized carbons (Fsp3) is 0.429. The minimum absolute atomic E-state index is 0.0379. The Morgan fingerprint density at radius 2 is 1.78 bits per heavy atom. The standard InChI is InChI=1S/C14H18N2O2/c1-9(2)12-7-8-16(12)14(18)11-5-3-10(4-6-11)13(15)17/h3-6,9,12H,7-8H2,1-2H3,(H2,15,17)/t12-/m0/s1. The topological polar surface area (TPSA) is 63.4 Å². The molecule has 1 heterocycles. The van der Waals surface area contributed by atoms with Crippen molar-refractivity contribution in [3.63, 3.8) is 0 Å². The van der Waals surface area contributed by atoms with Crippen LogP contribution < -0.4 is 5.73 Å². The molecule has 1 saturated heterocycles. The van der Waals surface area contributed by atoms with E-state index < -0.39 is 5.91 Å². The van der Waals surface area contributed by atoms with E-state index in [4.69, 9.17) is 5.73 Å². The second-order valence-electron chi connectivity index (χ2n) is 5.04. The Kier molecular flexibility index (Phi) is 3.36. The molecule has 0 bridgehead atoms. The van der Waals surface area contributed by atoms with Gasteiger partial charge < -0.3 is 10.6 Å². The number of amides is 2. The quantitative estimate of drug-likeness (QED) is 0.881. The molecule has 1 atom stereocenters. The number of benzene rings is 1. The molecule has 0 aliphatic carbocycles. The molecule has 1 fully saturated rings. The first-order valence-electron chi connectivity index (χ1n) is 6.21. The zero-order valence-corrected chi connectivity index (χ0v) is 10.7. The molecule has 4 nitrogen and oxygen atoms in total. The lowest BCUT2D eigenvalue weighted by atomic mass is 9.91. The zero-order valence-electron chi connectivity index (χ0n) is 10.7. The maximum absolute atomic E-state index is 12.2. The molecule has 0 radical (unpaired) electrons. The zero-order chi connectivity index (χ0) is 13.3. The number of likely N-dealkylation sites (tertiary alicyclic amines) is 1. The molecule has 2 rings (SSSR count). The Hall–Kier alpha value is -1.84. The predicted molar refractivity (Wildman–Crippen MR) is 69.2 cm³/mol. The van der Waals surface area contributed by atoms with Crippen LogP contribution in [-0.2, 0) is 0 Å². The summed E-state index contributed by atoms with van der Waals surface area (Å²) in [5.74, 6) is 0.0431. The maximum atomic E-state index is 12.2. The number of carbonyl (C=O) groups excluding carboxylic acids is 2. The van der Waals surface area contributed by atoms with E-state index in [1.807, 2.05) is 4.90 Å². The number of rotatable bonds is 3. The first kappa shape index (κ1) is 12.6. The molecular formula is C14H18N2O2. The van der Waals surface area contributed by atoms with Gasteiger partial charge >= 0.3 is 0 Å². The highest BCUT2D eigenvalue weighted by atomic mass is 16.2. The van der Waals surface area contributed by atoms with Crippen LogP contribution in [0.1, 0.15) is 41.0 Å². The van der Waals surface area contributed by atoms with E-state index in [1.165, 1.54) is 0 Å². The van der Waals surface area contributed by atoms with Crippen LogP contribution in [0.5, 0.6) is 0 Å². The summed E-state index contributed by atoms with van der Waals surface area (Å²) in [5, 5.41) is 0. The number of nitrogens with zero attached hydrogens (tertiary/aromatic N) is 1. The summed E-state index contributed by atoms with van der Waals surface area (Å²) in [6.45, 7) is 5.07. The SMILES string of the molecule is CC(C)[C@@H]1CCN1C(=O)c1ccc(C(N)=O)cc1. The third-order valence-corrected chi connectivity index (χ3v) is 3.51. The van der Waals surface area contributed by atoms with Gasteiger partial charge in [0.1, 0.15) is 0 Å². The molecule has 96 valence electrons. The van der Waals surface area contributed by atoms with Gasteiger partial charge in [-0.25, -0.2) is 0 Å².